The van der Waals surface area contributed by atoms with Crippen LogP contribution in [0.2, 0.25) is 0 Å². The first kappa shape index (κ1) is 9.01. The molecule has 2 heteroatoms. The van der Waals surface area contributed by atoms with Gasteiger partial charge in [-0.05, 0) is 18.7 Å². The summed E-state index contributed by atoms with van der Waals surface area (Å²) in [5.41, 5.74) is 1.26. The van der Waals surface area contributed by atoms with Gasteiger partial charge in [0.05, 0.1) is 4.08 Å². The molecule has 0 spiro atoms. The molecule has 0 radical (unpaired) electrons. The van der Waals surface area contributed by atoms with E-state index in [0.717, 1.165) is 0 Å². The molecule has 0 heterocycles. The van der Waals surface area contributed by atoms with Gasteiger partial charge >= 0.3 is 0 Å². The van der Waals surface area contributed by atoms with Crippen LogP contribution in [-0.2, 0) is 4.08 Å². The Morgan fingerprint density at radius 2 is 1.82 bits per heavy atom. The van der Waals surface area contributed by atoms with Gasteiger partial charge in [-0.3, -0.25) is 0 Å². The number of benzene rings is 1. The van der Waals surface area contributed by atoms with E-state index in [9.17, 15) is 0 Å². The number of rotatable bonds is 2. The normalized spacial score (nSPS) is 15.9. The van der Waals surface area contributed by atoms with Gasteiger partial charge < -0.3 is 0 Å². The van der Waals surface area contributed by atoms with Crippen LogP contribution in [0.5, 0.6) is 0 Å². The summed E-state index contributed by atoms with van der Waals surface area (Å²) in [6, 6.07) is 10.3. The van der Waals surface area contributed by atoms with Crippen molar-refractivity contribution in [2.24, 2.45) is 0 Å². The van der Waals surface area contributed by atoms with Crippen LogP contribution in [0.1, 0.15) is 12.5 Å². The fourth-order valence-corrected chi connectivity index (χ4v) is 1.39. The highest BCUT2D eigenvalue weighted by Crippen LogP contribution is 2.37. The van der Waals surface area contributed by atoms with Crippen molar-refractivity contribution in [3.63, 3.8) is 0 Å². The number of hydrogen-bond acceptors (Lipinski definition) is 2. The quantitative estimate of drug-likeness (QED) is 0.544. The first-order valence-electron chi connectivity index (χ1n) is 3.50. The first-order chi connectivity index (χ1) is 5.17. The van der Waals surface area contributed by atoms with Gasteiger partial charge in [0.15, 0.2) is 0 Å². The fraction of sp³-hybridized carbons (Fsp3) is 0.333. The van der Waals surface area contributed by atoms with Crippen LogP contribution in [0.3, 0.4) is 0 Å². The molecule has 11 heavy (non-hydrogen) atoms. The molecule has 0 nitrogen and oxygen atoms in total. The summed E-state index contributed by atoms with van der Waals surface area (Å²) < 4.78 is -0.0543. The summed E-state index contributed by atoms with van der Waals surface area (Å²) >= 11 is 6.28. The van der Waals surface area contributed by atoms with E-state index in [2.05, 4.69) is 37.9 Å². The zero-order chi connectivity index (χ0) is 8.32. The molecule has 0 aliphatic rings. The molecule has 0 saturated heterocycles. The predicted octanol–water partition coefficient (Wildman–Crippen LogP) is 3.15. The number of thiol groups is 1. The Morgan fingerprint density at radius 3 is 2.27 bits per heavy atom. The maximum Gasteiger partial charge on any atom is 0.0800 e. The monoisotopic (exact) mass is 184 g/mol. The molecular formula is C9H12S2. The van der Waals surface area contributed by atoms with E-state index in [1.54, 1.807) is 11.8 Å². The molecule has 1 rings (SSSR count). The summed E-state index contributed by atoms with van der Waals surface area (Å²) in [7, 11) is 0. The lowest BCUT2D eigenvalue weighted by molar-refractivity contribution is 1.03. The van der Waals surface area contributed by atoms with Gasteiger partial charge in [0.25, 0.3) is 0 Å². The van der Waals surface area contributed by atoms with Gasteiger partial charge in [0.1, 0.15) is 0 Å². The molecule has 0 fully saturated rings. The lowest BCUT2D eigenvalue weighted by atomic mass is 10.2. The lowest BCUT2D eigenvalue weighted by Crippen LogP contribution is -2.06. The average Bonchev–Trinajstić information content (AvgIpc) is 2.06. The van der Waals surface area contributed by atoms with E-state index >= 15 is 0 Å². The topological polar surface area (TPSA) is 0 Å². The van der Waals surface area contributed by atoms with E-state index in [1.165, 1.54) is 5.56 Å². The third-order valence-electron chi connectivity index (χ3n) is 1.71. The second kappa shape index (κ2) is 3.55. The predicted molar refractivity (Wildman–Crippen MR) is 56.3 cm³/mol. The van der Waals surface area contributed by atoms with Crippen LogP contribution in [0.25, 0.3) is 0 Å². The standard InChI is InChI=1S/C9H12S2/c1-9(10,11-2)8-6-4-3-5-7-8/h3-7,10H,1-2H3. The Labute approximate surface area is 77.8 Å². The minimum absolute atomic E-state index is 0.0543. The molecule has 1 aromatic carbocycles. The summed E-state index contributed by atoms with van der Waals surface area (Å²) in [5, 5.41) is 0. The highest BCUT2D eigenvalue weighted by Gasteiger charge is 2.18. The molecule has 0 saturated carbocycles. The Morgan fingerprint density at radius 1 is 1.27 bits per heavy atom. The molecule has 0 aromatic heterocycles. The van der Waals surface area contributed by atoms with Crippen LogP contribution >= 0.6 is 24.4 Å². The van der Waals surface area contributed by atoms with Crippen molar-refractivity contribution in [1.82, 2.24) is 0 Å². The van der Waals surface area contributed by atoms with Crippen LogP contribution in [0, 0.1) is 0 Å². The van der Waals surface area contributed by atoms with Crippen molar-refractivity contribution in [1.29, 1.82) is 0 Å². The minimum atomic E-state index is -0.0543. The molecule has 1 unspecified atom stereocenters. The van der Waals surface area contributed by atoms with E-state index < -0.39 is 0 Å². The Hall–Kier alpha value is -0.0800. The minimum Gasteiger partial charge on any atom is -0.157 e. The molecule has 1 aromatic rings. The highest BCUT2D eigenvalue weighted by molar-refractivity contribution is 8.10. The van der Waals surface area contributed by atoms with Gasteiger partial charge in [-0.2, -0.15) is 12.6 Å². The Balaban J connectivity index is 2.93. The molecule has 0 aliphatic heterocycles. The third kappa shape index (κ3) is 2.17. The van der Waals surface area contributed by atoms with Crippen molar-refractivity contribution in [3.05, 3.63) is 35.9 Å². The van der Waals surface area contributed by atoms with E-state index in [1.807, 2.05) is 18.2 Å². The van der Waals surface area contributed by atoms with Crippen LogP contribution in [0.4, 0.5) is 0 Å². The van der Waals surface area contributed by atoms with Crippen molar-refractivity contribution >= 4 is 24.4 Å². The molecule has 0 amide bonds. The molecule has 0 aliphatic carbocycles. The van der Waals surface area contributed by atoms with Crippen molar-refractivity contribution < 1.29 is 0 Å². The third-order valence-corrected chi connectivity index (χ3v) is 3.54. The van der Waals surface area contributed by atoms with Gasteiger partial charge in [0, 0.05) is 0 Å². The highest BCUT2D eigenvalue weighted by atomic mass is 32.2. The fourth-order valence-electron chi connectivity index (χ4n) is 0.865. The Kier molecular flexibility index (Phi) is 2.90. The zero-order valence-corrected chi connectivity index (χ0v) is 8.45. The Bertz CT molecular complexity index is 216. The molecule has 1 atom stereocenters. The zero-order valence-electron chi connectivity index (χ0n) is 6.74. The van der Waals surface area contributed by atoms with E-state index in [0.29, 0.717) is 0 Å². The van der Waals surface area contributed by atoms with Crippen LogP contribution in [-0.4, -0.2) is 6.26 Å². The first-order valence-corrected chi connectivity index (χ1v) is 5.17. The summed E-state index contributed by atoms with van der Waals surface area (Å²) in [6.45, 7) is 2.11. The van der Waals surface area contributed by atoms with Crippen molar-refractivity contribution in [3.8, 4) is 0 Å². The summed E-state index contributed by atoms with van der Waals surface area (Å²) in [5.74, 6) is 0. The summed E-state index contributed by atoms with van der Waals surface area (Å²) in [4.78, 5) is 0. The number of thioether (sulfide) groups is 1. The summed E-state index contributed by atoms with van der Waals surface area (Å²) in [6.07, 6.45) is 2.07. The maximum absolute atomic E-state index is 4.54. The molecule has 60 valence electrons. The van der Waals surface area contributed by atoms with E-state index in [4.69, 9.17) is 0 Å². The van der Waals surface area contributed by atoms with Crippen LogP contribution < -0.4 is 0 Å². The van der Waals surface area contributed by atoms with Crippen LogP contribution in [0.15, 0.2) is 30.3 Å². The SMILES string of the molecule is CSC(C)(S)c1ccccc1. The van der Waals surface area contributed by atoms with Gasteiger partial charge in [-0.1, -0.05) is 30.3 Å². The van der Waals surface area contributed by atoms with Gasteiger partial charge in [-0.25, -0.2) is 0 Å². The van der Waals surface area contributed by atoms with Gasteiger partial charge in [0.2, 0.25) is 0 Å². The second-order valence-electron chi connectivity index (χ2n) is 2.55. The smallest absolute Gasteiger partial charge is 0.0800 e. The molecule has 0 bridgehead atoms. The van der Waals surface area contributed by atoms with Gasteiger partial charge in [-0.15, -0.1) is 11.8 Å². The maximum atomic E-state index is 4.54. The van der Waals surface area contributed by atoms with Crippen molar-refractivity contribution in [2.75, 3.05) is 6.26 Å². The van der Waals surface area contributed by atoms with Crippen molar-refractivity contribution in [2.45, 2.75) is 11.0 Å². The largest absolute Gasteiger partial charge is 0.157 e. The number of hydrogen-bond donors (Lipinski definition) is 1. The second-order valence-corrected chi connectivity index (χ2v) is 4.97. The lowest BCUT2D eigenvalue weighted by Gasteiger charge is -2.20. The van der Waals surface area contributed by atoms with E-state index in [-0.39, 0.29) is 4.08 Å². The average molecular weight is 184 g/mol. The molecule has 0 N–H and O–H groups in total. The molecular weight excluding hydrogens is 172 g/mol.